The maximum atomic E-state index is 10.4. The topological polar surface area (TPSA) is 40.5 Å². The fraction of sp³-hybridized carbons (Fsp3) is 1.00. The molecule has 0 rings (SSSR count). The van der Waals surface area contributed by atoms with Crippen LogP contribution >= 0.6 is 0 Å². The highest BCUT2D eigenvalue weighted by Gasteiger charge is 2.36. The van der Waals surface area contributed by atoms with Gasteiger partial charge in [-0.25, -0.2) is 0 Å². The summed E-state index contributed by atoms with van der Waals surface area (Å²) in [5.74, 6) is 0.615. The lowest BCUT2D eigenvalue weighted by Gasteiger charge is -2.39. The van der Waals surface area contributed by atoms with Crippen LogP contribution in [0, 0.1) is 11.3 Å². The van der Waals surface area contributed by atoms with Gasteiger partial charge in [0.2, 0.25) is 0 Å². The van der Waals surface area contributed by atoms with E-state index in [-0.39, 0.29) is 5.41 Å². The molecule has 2 atom stereocenters. The largest absolute Gasteiger partial charge is 0.390 e. The third-order valence-corrected chi connectivity index (χ3v) is 4.03. The second-order valence-electron chi connectivity index (χ2n) is 7.45. The average molecular weight is 244 g/mol. The van der Waals surface area contributed by atoms with Gasteiger partial charge in [0.1, 0.15) is 0 Å². The molecule has 17 heavy (non-hydrogen) atoms. The first-order valence-corrected chi connectivity index (χ1v) is 6.82. The molecule has 0 radical (unpaired) electrons. The Hall–Kier alpha value is -0.0800. The molecule has 0 saturated carbocycles. The van der Waals surface area contributed by atoms with Crippen LogP contribution in [0.25, 0.3) is 0 Å². The van der Waals surface area contributed by atoms with Gasteiger partial charge in [0.15, 0.2) is 0 Å². The molecule has 0 spiro atoms. The summed E-state index contributed by atoms with van der Waals surface area (Å²) in [7, 11) is 0. The smallest absolute Gasteiger partial charge is 0.0668 e. The lowest BCUT2D eigenvalue weighted by atomic mass is 9.73. The van der Waals surface area contributed by atoms with Crippen molar-refractivity contribution in [2.75, 3.05) is 0 Å². The molecule has 2 heteroatoms. The minimum atomic E-state index is -0.727. The summed E-state index contributed by atoms with van der Waals surface area (Å²) in [6, 6.07) is 0. The quantitative estimate of drug-likeness (QED) is 0.747. The molecule has 0 heterocycles. The van der Waals surface area contributed by atoms with E-state index in [1.165, 1.54) is 0 Å². The van der Waals surface area contributed by atoms with Crippen molar-refractivity contribution < 1.29 is 10.2 Å². The highest BCUT2D eigenvalue weighted by Crippen LogP contribution is 2.36. The van der Waals surface area contributed by atoms with Crippen molar-refractivity contribution in [1.82, 2.24) is 0 Å². The van der Waals surface area contributed by atoms with Gasteiger partial charge in [-0.15, -0.1) is 0 Å². The van der Waals surface area contributed by atoms with Crippen molar-refractivity contribution in [1.29, 1.82) is 0 Å². The third-order valence-electron chi connectivity index (χ3n) is 4.03. The molecule has 0 saturated heterocycles. The van der Waals surface area contributed by atoms with Crippen LogP contribution in [0.3, 0.4) is 0 Å². The van der Waals surface area contributed by atoms with E-state index in [0.717, 1.165) is 12.8 Å². The summed E-state index contributed by atoms with van der Waals surface area (Å²) < 4.78 is 0. The van der Waals surface area contributed by atoms with Gasteiger partial charge in [0, 0.05) is 0 Å². The van der Waals surface area contributed by atoms with Gasteiger partial charge in [-0.3, -0.25) is 0 Å². The van der Waals surface area contributed by atoms with Crippen LogP contribution in [-0.4, -0.2) is 21.4 Å². The van der Waals surface area contributed by atoms with Crippen LogP contribution in [0.4, 0.5) is 0 Å². The Morgan fingerprint density at radius 2 is 1.29 bits per heavy atom. The van der Waals surface area contributed by atoms with Crippen molar-refractivity contribution in [2.45, 2.75) is 85.4 Å². The van der Waals surface area contributed by atoms with Crippen molar-refractivity contribution >= 4 is 0 Å². The molecule has 0 aromatic rings. The zero-order chi connectivity index (χ0) is 13.9. The van der Waals surface area contributed by atoms with Crippen LogP contribution in [0.1, 0.15) is 74.1 Å². The normalized spacial score (nSPS) is 20.1. The highest BCUT2D eigenvalue weighted by molar-refractivity contribution is 4.88. The zero-order valence-electron chi connectivity index (χ0n) is 12.8. The maximum absolute atomic E-state index is 10.4. The van der Waals surface area contributed by atoms with Crippen LogP contribution < -0.4 is 0 Å². The molecule has 0 fully saturated rings. The predicted octanol–water partition coefficient (Wildman–Crippen LogP) is 3.75. The van der Waals surface area contributed by atoms with E-state index in [2.05, 4.69) is 13.8 Å². The highest BCUT2D eigenvalue weighted by atomic mass is 16.3. The van der Waals surface area contributed by atoms with Crippen molar-refractivity contribution in [3.05, 3.63) is 0 Å². The van der Waals surface area contributed by atoms with Crippen LogP contribution in [-0.2, 0) is 0 Å². The first kappa shape index (κ1) is 16.9. The van der Waals surface area contributed by atoms with Gasteiger partial charge < -0.3 is 10.2 Å². The number of rotatable bonds is 6. The first-order valence-electron chi connectivity index (χ1n) is 6.82. The SMILES string of the molecule is CC(C)CCC(C)(O)CCC(C)(O)C(C)(C)C. The lowest BCUT2D eigenvalue weighted by Crippen LogP contribution is -2.41. The second-order valence-corrected chi connectivity index (χ2v) is 7.45. The third kappa shape index (κ3) is 6.42. The average Bonchev–Trinajstić information content (AvgIpc) is 2.11. The minimum Gasteiger partial charge on any atom is -0.390 e. The fourth-order valence-electron chi connectivity index (χ4n) is 1.61. The zero-order valence-corrected chi connectivity index (χ0v) is 12.8. The molecule has 0 aliphatic rings. The summed E-state index contributed by atoms with van der Waals surface area (Å²) in [6.07, 6.45) is 3.14. The summed E-state index contributed by atoms with van der Waals surface area (Å²) in [5, 5.41) is 20.7. The molecular formula is C15H32O2. The molecular weight excluding hydrogens is 212 g/mol. The molecule has 0 aliphatic heterocycles. The summed E-state index contributed by atoms with van der Waals surface area (Å²) in [4.78, 5) is 0. The van der Waals surface area contributed by atoms with E-state index in [0.29, 0.717) is 18.8 Å². The van der Waals surface area contributed by atoms with Gasteiger partial charge in [-0.2, -0.15) is 0 Å². The van der Waals surface area contributed by atoms with Crippen LogP contribution in [0.15, 0.2) is 0 Å². The number of hydrogen-bond donors (Lipinski definition) is 2. The number of hydrogen-bond acceptors (Lipinski definition) is 2. The van der Waals surface area contributed by atoms with E-state index >= 15 is 0 Å². The Labute approximate surface area is 107 Å². The maximum Gasteiger partial charge on any atom is 0.0668 e. The molecule has 0 aromatic carbocycles. The lowest BCUT2D eigenvalue weighted by molar-refractivity contribution is -0.0694. The van der Waals surface area contributed by atoms with Crippen LogP contribution in [0.2, 0.25) is 0 Å². The van der Waals surface area contributed by atoms with E-state index < -0.39 is 11.2 Å². The van der Waals surface area contributed by atoms with Gasteiger partial charge in [0.05, 0.1) is 11.2 Å². The van der Waals surface area contributed by atoms with E-state index in [1.54, 1.807) is 0 Å². The summed E-state index contributed by atoms with van der Waals surface area (Å²) in [5.41, 5.74) is -1.53. The van der Waals surface area contributed by atoms with Gasteiger partial charge >= 0.3 is 0 Å². The second kappa shape index (κ2) is 5.71. The Balaban J connectivity index is 4.26. The van der Waals surface area contributed by atoms with Gasteiger partial charge in [-0.1, -0.05) is 34.6 Å². The molecule has 0 amide bonds. The Morgan fingerprint density at radius 3 is 1.65 bits per heavy atom. The summed E-state index contributed by atoms with van der Waals surface area (Å²) in [6.45, 7) is 14.2. The molecule has 0 aromatic heterocycles. The standard InChI is InChI=1S/C15H32O2/c1-12(2)8-9-14(6,16)10-11-15(7,17)13(3,4)5/h12,16-17H,8-11H2,1-7H3. The Bertz CT molecular complexity index is 222. The van der Waals surface area contributed by atoms with E-state index in [9.17, 15) is 10.2 Å². The molecule has 0 bridgehead atoms. The predicted molar refractivity (Wildman–Crippen MR) is 74.0 cm³/mol. The fourth-order valence-corrected chi connectivity index (χ4v) is 1.61. The summed E-state index contributed by atoms with van der Waals surface area (Å²) >= 11 is 0. The Morgan fingerprint density at radius 1 is 0.824 bits per heavy atom. The van der Waals surface area contributed by atoms with E-state index in [4.69, 9.17) is 0 Å². The molecule has 104 valence electrons. The number of aliphatic hydroxyl groups is 2. The molecule has 2 nitrogen and oxygen atoms in total. The van der Waals surface area contributed by atoms with Crippen molar-refractivity contribution in [3.63, 3.8) is 0 Å². The molecule has 2 N–H and O–H groups in total. The van der Waals surface area contributed by atoms with Crippen LogP contribution in [0.5, 0.6) is 0 Å². The minimum absolute atomic E-state index is 0.152. The van der Waals surface area contributed by atoms with E-state index in [1.807, 2.05) is 34.6 Å². The van der Waals surface area contributed by atoms with Gasteiger partial charge in [0.25, 0.3) is 0 Å². The van der Waals surface area contributed by atoms with Crippen molar-refractivity contribution in [2.24, 2.45) is 11.3 Å². The first-order chi connectivity index (χ1) is 7.37. The Kier molecular flexibility index (Phi) is 5.68. The monoisotopic (exact) mass is 244 g/mol. The van der Waals surface area contributed by atoms with Crippen molar-refractivity contribution in [3.8, 4) is 0 Å². The molecule has 2 unspecified atom stereocenters. The van der Waals surface area contributed by atoms with Gasteiger partial charge in [-0.05, 0) is 50.9 Å². The molecule has 0 aliphatic carbocycles.